The minimum Gasteiger partial charge on any atom is -0.493 e. The van der Waals surface area contributed by atoms with E-state index in [1.54, 1.807) is 38.4 Å². The third kappa shape index (κ3) is 3.85. The topological polar surface area (TPSA) is 83.3 Å². The largest absolute Gasteiger partial charge is 0.493 e. The molecule has 0 radical (unpaired) electrons. The summed E-state index contributed by atoms with van der Waals surface area (Å²) in [5.41, 5.74) is 2.90. The predicted octanol–water partition coefficient (Wildman–Crippen LogP) is 3.48. The Morgan fingerprint density at radius 3 is 2.18 bits per heavy atom. The maximum absolute atomic E-state index is 5.44. The first kappa shape index (κ1) is 19.5. The van der Waals surface area contributed by atoms with Crippen LogP contribution in [-0.4, -0.2) is 41.1 Å². The van der Waals surface area contributed by atoms with Gasteiger partial charge in [-0.3, -0.25) is 4.98 Å². The van der Waals surface area contributed by atoms with Crippen molar-refractivity contribution in [1.29, 1.82) is 0 Å². The molecule has 0 amide bonds. The molecule has 1 unspecified atom stereocenters. The normalized spacial score (nSPS) is 11.8. The van der Waals surface area contributed by atoms with E-state index in [-0.39, 0.29) is 6.04 Å². The second-order valence-corrected chi connectivity index (χ2v) is 6.43. The molecule has 2 heterocycles. The number of hydrogen-bond donors (Lipinski definition) is 1. The fraction of sp³-hybridized carbons (Fsp3) is 0.350. The molecule has 8 heteroatoms. The van der Waals surface area contributed by atoms with Crippen molar-refractivity contribution in [2.75, 3.05) is 26.6 Å². The first-order valence-electron chi connectivity index (χ1n) is 8.89. The van der Waals surface area contributed by atoms with Gasteiger partial charge in [0, 0.05) is 5.69 Å². The Morgan fingerprint density at radius 1 is 0.964 bits per heavy atom. The van der Waals surface area contributed by atoms with E-state index in [2.05, 4.69) is 20.4 Å². The van der Waals surface area contributed by atoms with Gasteiger partial charge in [-0.2, -0.15) is 5.10 Å². The highest BCUT2D eigenvalue weighted by Crippen LogP contribution is 2.40. The molecular formula is C20H25N5O3. The van der Waals surface area contributed by atoms with Crippen LogP contribution in [0, 0.1) is 13.8 Å². The number of aromatic nitrogens is 4. The standard InChI is InChI=1S/C20H25N5O3/c1-12-7-13(2)25(24-12)19-11-21-10-18(23-19)22-14(3)15-8-16(26-4)20(28-6)17(9-15)27-5/h7-11,14H,1-6H3,(H,22,23). The lowest BCUT2D eigenvalue weighted by molar-refractivity contribution is 0.323. The highest BCUT2D eigenvalue weighted by molar-refractivity contribution is 5.55. The summed E-state index contributed by atoms with van der Waals surface area (Å²) in [6.07, 6.45) is 3.37. The Hall–Kier alpha value is -3.29. The summed E-state index contributed by atoms with van der Waals surface area (Å²) in [5, 5.41) is 7.83. The highest BCUT2D eigenvalue weighted by Gasteiger charge is 2.17. The molecule has 0 saturated carbocycles. The van der Waals surface area contributed by atoms with E-state index in [9.17, 15) is 0 Å². The molecule has 0 aliphatic heterocycles. The summed E-state index contributed by atoms with van der Waals surface area (Å²) < 4.78 is 18.0. The minimum absolute atomic E-state index is 0.0706. The average Bonchev–Trinajstić information content (AvgIpc) is 3.04. The number of nitrogens with zero attached hydrogens (tertiary/aromatic N) is 4. The van der Waals surface area contributed by atoms with Crippen LogP contribution in [0.4, 0.5) is 5.82 Å². The van der Waals surface area contributed by atoms with Gasteiger partial charge < -0.3 is 19.5 Å². The van der Waals surface area contributed by atoms with E-state index in [1.165, 1.54) is 0 Å². The molecule has 8 nitrogen and oxygen atoms in total. The van der Waals surface area contributed by atoms with Crippen LogP contribution >= 0.6 is 0 Å². The molecule has 1 atom stereocenters. The summed E-state index contributed by atoms with van der Waals surface area (Å²) in [7, 11) is 4.78. The van der Waals surface area contributed by atoms with Gasteiger partial charge in [-0.25, -0.2) is 9.67 Å². The molecule has 28 heavy (non-hydrogen) atoms. The second-order valence-electron chi connectivity index (χ2n) is 6.43. The Labute approximate surface area is 164 Å². The fourth-order valence-corrected chi connectivity index (χ4v) is 3.04. The van der Waals surface area contributed by atoms with Gasteiger partial charge in [-0.05, 0) is 44.5 Å². The van der Waals surface area contributed by atoms with Crippen LogP contribution in [0.1, 0.15) is 29.9 Å². The summed E-state index contributed by atoms with van der Waals surface area (Å²) in [6.45, 7) is 5.96. The summed E-state index contributed by atoms with van der Waals surface area (Å²) >= 11 is 0. The molecule has 3 aromatic rings. The molecule has 1 N–H and O–H groups in total. The van der Waals surface area contributed by atoms with E-state index in [0.717, 1.165) is 17.0 Å². The van der Waals surface area contributed by atoms with Crippen molar-refractivity contribution in [3.05, 3.63) is 47.5 Å². The lowest BCUT2D eigenvalue weighted by Gasteiger charge is -2.19. The summed E-state index contributed by atoms with van der Waals surface area (Å²) in [5.74, 6) is 3.08. The molecular weight excluding hydrogens is 358 g/mol. The van der Waals surface area contributed by atoms with Crippen LogP contribution in [-0.2, 0) is 0 Å². The van der Waals surface area contributed by atoms with Gasteiger partial charge in [0.05, 0.1) is 45.5 Å². The number of methoxy groups -OCH3 is 3. The molecule has 0 aliphatic carbocycles. The van der Waals surface area contributed by atoms with Gasteiger partial charge in [-0.1, -0.05) is 0 Å². The Bertz CT molecular complexity index is 945. The zero-order chi connectivity index (χ0) is 20.3. The SMILES string of the molecule is COc1cc(C(C)Nc2cncc(-n3nc(C)cc3C)n2)cc(OC)c1OC. The molecule has 0 saturated heterocycles. The van der Waals surface area contributed by atoms with E-state index >= 15 is 0 Å². The van der Waals surface area contributed by atoms with Crippen LogP contribution in [0.25, 0.3) is 5.82 Å². The number of anilines is 1. The highest BCUT2D eigenvalue weighted by atomic mass is 16.5. The van der Waals surface area contributed by atoms with E-state index < -0.39 is 0 Å². The zero-order valence-electron chi connectivity index (χ0n) is 17.0. The number of benzene rings is 1. The maximum Gasteiger partial charge on any atom is 0.203 e. The van der Waals surface area contributed by atoms with E-state index in [4.69, 9.17) is 14.2 Å². The van der Waals surface area contributed by atoms with Crippen molar-refractivity contribution in [3.63, 3.8) is 0 Å². The van der Waals surface area contributed by atoms with Crippen molar-refractivity contribution in [1.82, 2.24) is 19.7 Å². The summed E-state index contributed by atoms with van der Waals surface area (Å²) in [6, 6.07) is 5.76. The number of rotatable bonds is 7. The van der Waals surface area contributed by atoms with Crippen molar-refractivity contribution >= 4 is 5.82 Å². The zero-order valence-corrected chi connectivity index (χ0v) is 17.0. The van der Waals surface area contributed by atoms with Crippen molar-refractivity contribution in [2.45, 2.75) is 26.8 Å². The van der Waals surface area contributed by atoms with Crippen LogP contribution in [0.2, 0.25) is 0 Å². The smallest absolute Gasteiger partial charge is 0.203 e. The Kier molecular flexibility index (Phi) is 5.67. The van der Waals surface area contributed by atoms with Crippen molar-refractivity contribution < 1.29 is 14.2 Å². The summed E-state index contributed by atoms with van der Waals surface area (Å²) in [4.78, 5) is 8.94. The molecule has 0 bridgehead atoms. The van der Waals surface area contributed by atoms with E-state index in [1.807, 2.05) is 39.0 Å². The fourth-order valence-electron chi connectivity index (χ4n) is 3.04. The Morgan fingerprint density at radius 2 is 1.64 bits per heavy atom. The number of ether oxygens (including phenoxy) is 3. The van der Waals surface area contributed by atoms with Crippen LogP contribution in [0.5, 0.6) is 17.2 Å². The number of nitrogens with one attached hydrogen (secondary N) is 1. The van der Waals surface area contributed by atoms with Gasteiger partial charge >= 0.3 is 0 Å². The molecule has 148 valence electrons. The minimum atomic E-state index is -0.0706. The van der Waals surface area contributed by atoms with Gasteiger partial charge in [0.1, 0.15) is 5.82 Å². The van der Waals surface area contributed by atoms with Crippen molar-refractivity contribution in [2.24, 2.45) is 0 Å². The quantitative estimate of drug-likeness (QED) is 0.669. The third-order valence-corrected chi connectivity index (χ3v) is 4.40. The van der Waals surface area contributed by atoms with Gasteiger partial charge in [0.15, 0.2) is 17.3 Å². The molecule has 1 aromatic carbocycles. The maximum atomic E-state index is 5.44. The predicted molar refractivity (Wildman–Crippen MR) is 107 cm³/mol. The van der Waals surface area contributed by atoms with Crippen LogP contribution < -0.4 is 19.5 Å². The first-order chi connectivity index (χ1) is 13.5. The van der Waals surface area contributed by atoms with Crippen molar-refractivity contribution in [3.8, 4) is 23.1 Å². The van der Waals surface area contributed by atoms with Gasteiger partial charge in [0.2, 0.25) is 5.75 Å². The lowest BCUT2D eigenvalue weighted by Crippen LogP contribution is -2.11. The molecule has 0 aliphatic rings. The molecule has 0 fully saturated rings. The second kappa shape index (κ2) is 8.16. The van der Waals surface area contributed by atoms with Gasteiger partial charge in [0.25, 0.3) is 0 Å². The van der Waals surface area contributed by atoms with E-state index in [0.29, 0.717) is 28.9 Å². The Balaban J connectivity index is 1.88. The first-order valence-corrected chi connectivity index (χ1v) is 8.89. The molecule has 2 aromatic heterocycles. The van der Waals surface area contributed by atoms with Crippen LogP contribution in [0.15, 0.2) is 30.6 Å². The monoisotopic (exact) mass is 383 g/mol. The van der Waals surface area contributed by atoms with Crippen LogP contribution in [0.3, 0.4) is 0 Å². The van der Waals surface area contributed by atoms with Gasteiger partial charge in [-0.15, -0.1) is 0 Å². The number of aryl methyl sites for hydroxylation is 2. The average molecular weight is 383 g/mol. The molecule has 0 spiro atoms. The lowest BCUT2D eigenvalue weighted by atomic mass is 10.1. The third-order valence-electron chi connectivity index (χ3n) is 4.40. The number of hydrogen-bond acceptors (Lipinski definition) is 7. The molecule has 3 rings (SSSR count).